The van der Waals surface area contributed by atoms with Crippen molar-refractivity contribution >= 4 is 35.4 Å². The Hall–Kier alpha value is -0.850. The Labute approximate surface area is 260 Å². The lowest BCUT2D eigenvalue weighted by Crippen LogP contribution is -2.65. The summed E-state index contributed by atoms with van der Waals surface area (Å²) in [6, 6.07) is 0. The van der Waals surface area contributed by atoms with Crippen LogP contribution in [0.25, 0.3) is 0 Å². The zero-order valence-electron chi connectivity index (χ0n) is 24.9. The molecule has 0 aromatic heterocycles. The van der Waals surface area contributed by atoms with Gasteiger partial charge >= 0.3 is 35.4 Å². The average Bonchev–Trinajstić information content (AvgIpc) is 2.92. The van der Waals surface area contributed by atoms with E-state index in [1.807, 2.05) is 13.8 Å². The van der Waals surface area contributed by atoms with Crippen molar-refractivity contribution in [3.05, 3.63) is 0 Å². The maximum absolute atomic E-state index is 12.8. The van der Waals surface area contributed by atoms with Crippen LogP contribution in [0, 0.1) is 0 Å². The molecule has 0 heterocycles. The second-order valence-electron chi connectivity index (χ2n) is 10.3. The molecule has 0 amide bonds. The first-order valence-electron chi connectivity index (χ1n) is 14.3. The van der Waals surface area contributed by atoms with Crippen LogP contribution in [0.4, 0.5) is 0 Å². The molecule has 0 saturated heterocycles. The lowest BCUT2D eigenvalue weighted by Gasteiger charge is -2.44. The van der Waals surface area contributed by atoms with Crippen molar-refractivity contribution in [2.24, 2.45) is 0 Å². The normalized spacial score (nSPS) is 26.2. The number of rotatable bonds is 22. The lowest BCUT2D eigenvalue weighted by atomic mass is 9.85. The van der Waals surface area contributed by atoms with Crippen molar-refractivity contribution in [1.29, 1.82) is 0 Å². The van der Waals surface area contributed by atoms with E-state index < -0.39 is 91.3 Å². The van der Waals surface area contributed by atoms with Gasteiger partial charge < -0.3 is 49.3 Å². The molecular weight excluding hydrogens is 673 g/mol. The molecule has 1 aliphatic rings. The quantitative estimate of drug-likeness (QED) is 0.0439. The van der Waals surface area contributed by atoms with E-state index in [9.17, 15) is 43.5 Å². The molecule has 22 heteroatoms. The molecule has 1 saturated carbocycles. The molecule has 8 N–H and O–H groups in total. The van der Waals surface area contributed by atoms with Gasteiger partial charge in [-0.1, -0.05) is 52.4 Å². The summed E-state index contributed by atoms with van der Waals surface area (Å²) in [6.45, 7) is 2.47. The molecule has 1 aliphatic carbocycles. The van der Waals surface area contributed by atoms with E-state index in [0.717, 1.165) is 32.1 Å². The molecule has 8 atom stereocenters. The highest BCUT2D eigenvalue weighted by Crippen LogP contribution is 2.51. The van der Waals surface area contributed by atoms with Crippen molar-refractivity contribution in [2.75, 3.05) is 13.2 Å². The number of aliphatic hydroxyl groups is 3. The van der Waals surface area contributed by atoms with Crippen molar-refractivity contribution in [3.63, 3.8) is 0 Å². The second-order valence-corrected chi connectivity index (χ2v) is 14.1. The Morgan fingerprint density at radius 2 is 1.09 bits per heavy atom. The number of carbonyl (C=O) groups is 2. The van der Waals surface area contributed by atoms with Gasteiger partial charge in [0, 0.05) is 12.8 Å². The van der Waals surface area contributed by atoms with E-state index >= 15 is 0 Å². The Balaban J connectivity index is 2.99. The van der Waals surface area contributed by atoms with Gasteiger partial charge in [-0.25, -0.2) is 13.7 Å². The molecule has 1 fully saturated rings. The molecule has 0 radical (unpaired) electrons. The number of phosphoric acid groups is 3. The highest BCUT2D eigenvalue weighted by molar-refractivity contribution is 7.47. The molecule has 0 aromatic carbocycles. The largest absolute Gasteiger partial charge is 0.472 e. The van der Waals surface area contributed by atoms with Gasteiger partial charge in [0.05, 0.1) is 6.61 Å². The summed E-state index contributed by atoms with van der Waals surface area (Å²) < 4.78 is 63.9. The number of esters is 2. The van der Waals surface area contributed by atoms with Gasteiger partial charge in [-0.3, -0.25) is 27.7 Å². The topological polar surface area (TPSA) is 303 Å². The molecule has 266 valence electrons. The van der Waals surface area contributed by atoms with Gasteiger partial charge in [-0.2, -0.15) is 0 Å². The summed E-state index contributed by atoms with van der Waals surface area (Å²) in [5.74, 6) is -1.34. The predicted molar refractivity (Wildman–Crippen MR) is 151 cm³/mol. The Morgan fingerprint density at radius 1 is 0.622 bits per heavy atom. The number of aliphatic hydroxyl groups excluding tert-OH is 3. The molecule has 45 heavy (non-hydrogen) atoms. The number of unbranched alkanes of at least 4 members (excludes halogenated alkanes) is 6. The number of hydrogen-bond donors (Lipinski definition) is 8. The maximum atomic E-state index is 12.8. The van der Waals surface area contributed by atoms with Crippen LogP contribution in [0.15, 0.2) is 0 Å². The number of phosphoric ester groups is 3. The van der Waals surface area contributed by atoms with Gasteiger partial charge in [0.2, 0.25) is 0 Å². The second kappa shape index (κ2) is 19.8. The zero-order chi connectivity index (χ0) is 34.4. The minimum absolute atomic E-state index is 0.0137. The number of hydrogen-bond acceptors (Lipinski definition) is 14. The summed E-state index contributed by atoms with van der Waals surface area (Å²) in [7, 11) is -16.5. The van der Waals surface area contributed by atoms with Crippen molar-refractivity contribution in [3.8, 4) is 0 Å². The molecule has 0 aromatic rings. The molecule has 0 spiro atoms. The fourth-order valence-electron chi connectivity index (χ4n) is 4.23. The van der Waals surface area contributed by atoms with Crippen LogP contribution >= 0.6 is 23.5 Å². The standard InChI is InChI=1S/C23H45O19P3/c1-3-5-7-8-10-11-16(24)37-13-15(39-17(25)12-9-6-4-2)14-38-45(35,36)42-21-18(26)19(27)22(40-43(29,30)31)23(20(21)28)41-44(32,33)34/h15,18-23,26-28H,3-14H2,1-2H3,(H,35,36)(H2,29,30,31)(H2,32,33,34)/t15-,18-,19+,20+,21-,22-,23-/m1/s1. The van der Waals surface area contributed by atoms with Crippen molar-refractivity contribution in [2.45, 2.75) is 121 Å². The summed E-state index contributed by atoms with van der Waals surface area (Å²) >= 11 is 0. The first-order valence-corrected chi connectivity index (χ1v) is 18.9. The van der Waals surface area contributed by atoms with Gasteiger partial charge in [-0.15, -0.1) is 0 Å². The summed E-state index contributed by atoms with van der Waals surface area (Å²) in [4.78, 5) is 71.2. The van der Waals surface area contributed by atoms with Crippen LogP contribution in [0.3, 0.4) is 0 Å². The first kappa shape index (κ1) is 42.2. The SMILES string of the molecule is CCCCCCCC(=O)OC[C@H](COP(=O)(O)O[C@@H]1[C@H](O)[C@H](O)[C@@H](OP(=O)(O)O)[C@H](OP(=O)(O)O)[C@H]1O)OC(=O)CCCCC. The summed E-state index contributed by atoms with van der Waals surface area (Å²) in [5, 5.41) is 31.3. The van der Waals surface area contributed by atoms with Gasteiger partial charge in [-0.05, 0) is 12.8 Å². The summed E-state index contributed by atoms with van der Waals surface area (Å²) in [6.07, 6.45) is -9.92. The third-order valence-corrected chi connectivity index (χ3v) is 8.44. The van der Waals surface area contributed by atoms with Gasteiger partial charge in [0.1, 0.15) is 43.2 Å². The van der Waals surface area contributed by atoms with Gasteiger partial charge in [0.15, 0.2) is 6.10 Å². The average molecular weight is 719 g/mol. The molecule has 0 aliphatic heterocycles. The monoisotopic (exact) mass is 718 g/mol. The summed E-state index contributed by atoms with van der Waals surface area (Å²) in [5.41, 5.74) is 0. The van der Waals surface area contributed by atoms with E-state index in [1.54, 1.807) is 0 Å². The van der Waals surface area contributed by atoms with Gasteiger partial charge in [0.25, 0.3) is 0 Å². The smallest absolute Gasteiger partial charge is 0.462 e. The molecule has 1 rings (SSSR count). The van der Waals surface area contributed by atoms with E-state index in [-0.39, 0.29) is 12.8 Å². The van der Waals surface area contributed by atoms with Crippen LogP contribution in [-0.2, 0) is 50.9 Å². The highest BCUT2D eigenvalue weighted by Gasteiger charge is 2.56. The van der Waals surface area contributed by atoms with Crippen molar-refractivity contribution < 1.29 is 90.6 Å². The molecule has 19 nitrogen and oxygen atoms in total. The van der Waals surface area contributed by atoms with E-state index in [0.29, 0.717) is 19.3 Å². The van der Waals surface area contributed by atoms with Crippen molar-refractivity contribution in [1.82, 2.24) is 0 Å². The van der Waals surface area contributed by atoms with Crippen LogP contribution in [0.2, 0.25) is 0 Å². The minimum Gasteiger partial charge on any atom is -0.462 e. The molecular formula is C23H45O19P3. The Bertz CT molecular complexity index is 1050. The zero-order valence-corrected chi connectivity index (χ0v) is 27.6. The van der Waals surface area contributed by atoms with Crippen LogP contribution in [-0.4, -0.2) is 108 Å². The first-order chi connectivity index (χ1) is 20.8. The lowest BCUT2D eigenvalue weighted by molar-refractivity contribution is -0.213. The number of ether oxygens (including phenoxy) is 2. The third kappa shape index (κ3) is 17.2. The molecule has 1 unspecified atom stereocenters. The molecule has 0 bridgehead atoms. The highest BCUT2D eigenvalue weighted by atomic mass is 31.2. The maximum Gasteiger partial charge on any atom is 0.472 e. The Kier molecular flexibility index (Phi) is 18.6. The van der Waals surface area contributed by atoms with E-state index in [1.165, 1.54) is 0 Å². The Morgan fingerprint density at radius 3 is 1.64 bits per heavy atom. The van der Waals surface area contributed by atoms with Crippen LogP contribution in [0.1, 0.15) is 78.1 Å². The predicted octanol–water partition coefficient (Wildman–Crippen LogP) is 0.936. The van der Waals surface area contributed by atoms with Crippen LogP contribution in [0.5, 0.6) is 0 Å². The van der Waals surface area contributed by atoms with Crippen LogP contribution < -0.4 is 0 Å². The van der Waals surface area contributed by atoms with E-state index in [4.69, 9.17) is 38.1 Å². The fourth-order valence-corrected chi connectivity index (χ4v) is 6.32. The fraction of sp³-hybridized carbons (Fsp3) is 0.913. The number of carbonyl (C=O) groups excluding carboxylic acids is 2. The third-order valence-electron chi connectivity index (χ3n) is 6.41. The minimum atomic E-state index is -5.57. The van der Waals surface area contributed by atoms with E-state index in [2.05, 4.69) is 9.05 Å².